The maximum atomic E-state index is 12.0. The van der Waals surface area contributed by atoms with Crippen LogP contribution in [0, 0.1) is 18.8 Å². The molecule has 2 aromatic carbocycles. The van der Waals surface area contributed by atoms with Crippen molar-refractivity contribution in [3.05, 3.63) is 65.2 Å². The molecule has 0 heterocycles. The smallest absolute Gasteiger partial charge is 0.252 e. The highest BCUT2D eigenvalue weighted by atomic mass is 16.5. The van der Waals surface area contributed by atoms with Gasteiger partial charge in [0.2, 0.25) is 0 Å². The molecule has 1 amide bonds. The van der Waals surface area contributed by atoms with Gasteiger partial charge in [0.25, 0.3) is 5.91 Å². The fourth-order valence-corrected chi connectivity index (χ4v) is 1.93. The first-order valence-corrected chi connectivity index (χ1v) is 6.68. The van der Waals surface area contributed by atoms with E-state index in [4.69, 9.17) is 4.74 Å². The molecule has 2 aromatic rings. The summed E-state index contributed by atoms with van der Waals surface area (Å²) in [7, 11) is 1.61. The number of para-hydroxylation sites is 1. The third-order valence-electron chi connectivity index (χ3n) is 3.06. The fourth-order valence-electron chi connectivity index (χ4n) is 1.93. The van der Waals surface area contributed by atoms with Gasteiger partial charge in [-0.25, -0.2) is 0 Å². The predicted molar refractivity (Wildman–Crippen MR) is 83.4 cm³/mol. The molecule has 0 aliphatic rings. The van der Waals surface area contributed by atoms with Gasteiger partial charge in [-0.2, -0.15) is 0 Å². The molecule has 0 aliphatic heterocycles. The Kier molecular flexibility index (Phi) is 5.00. The molecule has 106 valence electrons. The van der Waals surface area contributed by atoms with Crippen LogP contribution in [0.2, 0.25) is 0 Å². The van der Waals surface area contributed by atoms with Crippen molar-refractivity contribution in [1.29, 1.82) is 0 Å². The topological polar surface area (TPSA) is 38.3 Å². The van der Waals surface area contributed by atoms with Gasteiger partial charge >= 0.3 is 0 Å². The van der Waals surface area contributed by atoms with Gasteiger partial charge in [-0.1, -0.05) is 42.2 Å². The highest BCUT2D eigenvalue weighted by Crippen LogP contribution is 2.15. The number of amides is 1. The molecule has 0 radical (unpaired) electrons. The number of aryl methyl sites for hydroxylation is 1. The summed E-state index contributed by atoms with van der Waals surface area (Å²) < 4.78 is 5.22. The van der Waals surface area contributed by atoms with Gasteiger partial charge in [0.1, 0.15) is 5.75 Å². The Labute approximate surface area is 125 Å². The molecule has 0 fully saturated rings. The van der Waals surface area contributed by atoms with Gasteiger partial charge in [0, 0.05) is 5.56 Å². The summed E-state index contributed by atoms with van der Waals surface area (Å²) in [6.45, 7) is 2.21. The molecule has 2 rings (SSSR count). The van der Waals surface area contributed by atoms with Crippen LogP contribution in [-0.4, -0.2) is 19.6 Å². The van der Waals surface area contributed by atoms with Crippen LogP contribution in [0.3, 0.4) is 0 Å². The number of carbonyl (C=O) groups is 1. The van der Waals surface area contributed by atoms with Gasteiger partial charge in [-0.15, -0.1) is 0 Å². The Hall–Kier alpha value is -2.73. The second-order valence-electron chi connectivity index (χ2n) is 4.50. The lowest BCUT2D eigenvalue weighted by atomic mass is 10.1. The minimum atomic E-state index is -0.109. The molecule has 0 aromatic heterocycles. The maximum Gasteiger partial charge on any atom is 0.252 e. The summed E-state index contributed by atoms with van der Waals surface area (Å²) in [6, 6.07) is 15.0. The molecular formula is C18H17NO2. The van der Waals surface area contributed by atoms with E-state index in [-0.39, 0.29) is 5.91 Å². The number of nitrogens with one attached hydrogen (secondary N) is 1. The Bertz CT molecular complexity index is 696. The molecular weight excluding hydrogens is 262 g/mol. The van der Waals surface area contributed by atoms with Gasteiger partial charge in [0.05, 0.1) is 19.2 Å². The largest absolute Gasteiger partial charge is 0.495 e. The van der Waals surface area contributed by atoms with E-state index in [0.29, 0.717) is 12.1 Å². The number of hydrogen-bond donors (Lipinski definition) is 1. The van der Waals surface area contributed by atoms with Crippen LogP contribution in [0.1, 0.15) is 21.5 Å². The average molecular weight is 279 g/mol. The predicted octanol–water partition coefficient (Wildman–Crippen LogP) is 2.79. The molecule has 0 saturated heterocycles. The van der Waals surface area contributed by atoms with Crippen LogP contribution in [0.25, 0.3) is 0 Å². The van der Waals surface area contributed by atoms with Crippen LogP contribution in [0.5, 0.6) is 5.75 Å². The summed E-state index contributed by atoms with van der Waals surface area (Å²) in [5.41, 5.74) is 2.44. The van der Waals surface area contributed by atoms with Crippen molar-refractivity contribution >= 4 is 5.91 Å². The van der Waals surface area contributed by atoms with E-state index < -0.39 is 0 Å². The zero-order chi connectivity index (χ0) is 15.1. The van der Waals surface area contributed by atoms with Crippen molar-refractivity contribution in [2.24, 2.45) is 0 Å². The molecule has 3 heteroatoms. The molecule has 21 heavy (non-hydrogen) atoms. The molecule has 1 N–H and O–H groups in total. The molecule has 0 saturated carbocycles. The van der Waals surface area contributed by atoms with Crippen molar-refractivity contribution in [3.8, 4) is 17.6 Å². The molecule has 0 bridgehead atoms. The lowest BCUT2D eigenvalue weighted by Crippen LogP contribution is -2.24. The van der Waals surface area contributed by atoms with Gasteiger partial charge in [-0.05, 0) is 30.7 Å². The third-order valence-corrected chi connectivity index (χ3v) is 3.06. The summed E-state index contributed by atoms with van der Waals surface area (Å²) in [5.74, 6) is 6.55. The van der Waals surface area contributed by atoms with E-state index in [9.17, 15) is 4.79 Å². The first-order valence-electron chi connectivity index (χ1n) is 6.68. The number of carbonyl (C=O) groups excluding carboxylic acids is 1. The van der Waals surface area contributed by atoms with E-state index in [1.165, 1.54) is 0 Å². The van der Waals surface area contributed by atoms with Crippen molar-refractivity contribution in [2.75, 3.05) is 13.7 Å². The second-order valence-corrected chi connectivity index (χ2v) is 4.50. The van der Waals surface area contributed by atoms with Crippen molar-refractivity contribution in [3.63, 3.8) is 0 Å². The van der Waals surface area contributed by atoms with Crippen molar-refractivity contribution < 1.29 is 9.53 Å². The molecule has 0 spiro atoms. The van der Waals surface area contributed by atoms with E-state index in [2.05, 4.69) is 17.2 Å². The van der Waals surface area contributed by atoms with Crippen LogP contribution in [0.15, 0.2) is 48.5 Å². The Morgan fingerprint density at radius 1 is 1.14 bits per heavy atom. The molecule has 0 unspecified atom stereocenters. The lowest BCUT2D eigenvalue weighted by Gasteiger charge is -2.04. The van der Waals surface area contributed by atoms with E-state index >= 15 is 0 Å². The van der Waals surface area contributed by atoms with Crippen LogP contribution < -0.4 is 10.1 Å². The molecule has 0 aliphatic carbocycles. The van der Waals surface area contributed by atoms with Crippen molar-refractivity contribution in [1.82, 2.24) is 5.32 Å². The number of methoxy groups -OCH3 is 1. The summed E-state index contributed by atoms with van der Waals surface area (Å²) in [4.78, 5) is 12.0. The SMILES string of the molecule is COc1ccccc1C#CCNC(=O)c1ccccc1C. The Morgan fingerprint density at radius 3 is 2.62 bits per heavy atom. The van der Waals surface area contributed by atoms with Gasteiger partial charge in [0.15, 0.2) is 0 Å². The lowest BCUT2D eigenvalue weighted by molar-refractivity contribution is 0.0958. The molecule has 0 atom stereocenters. The fraction of sp³-hybridized carbons (Fsp3) is 0.167. The maximum absolute atomic E-state index is 12.0. The first kappa shape index (κ1) is 14.7. The monoisotopic (exact) mass is 279 g/mol. The van der Waals surface area contributed by atoms with E-state index in [1.807, 2.05) is 49.4 Å². The number of benzene rings is 2. The number of rotatable bonds is 3. The zero-order valence-electron chi connectivity index (χ0n) is 12.1. The summed E-state index contributed by atoms with van der Waals surface area (Å²) in [6.07, 6.45) is 0. The summed E-state index contributed by atoms with van der Waals surface area (Å²) >= 11 is 0. The third kappa shape index (κ3) is 3.87. The Morgan fingerprint density at radius 2 is 1.86 bits per heavy atom. The zero-order valence-corrected chi connectivity index (χ0v) is 12.1. The van der Waals surface area contributed by atoms with Crippen LogP contribution >= 0.6 is 0 Å². The summed E-state index contributed by atoms with van der Waals surface area (Å²) in [5, 5.41) is 2.79. The minimum Gasteiger partial charge on any atom is -0.495 e. The number of ether oxygens (including phenoxy) is 1. The quantitative estimate of drug-likeness (QED) is 0.877. The van der Waals surface area contributed by atoms with Gasteiger partial charge < -0.3 is 10.1 Å². The standard InChI is InChI=1S/C18H17NO2/c1-14-8-3-5-11-16(14)18(20)19-13-7-10-15-9-4-6-12-17(15)21-2/h3-6,8-9,11-12H,13H2,1-2H3,(H,19,20). The minimum absolute atomic E-state index is 0.109. The highest BCUT2D eigenvalue weighted by Gasteiger charge is 2.05. The Balaban J connectivity index is 1.98. The van der Waals surface area contributed by atoms with Crippen molar-refractivity contribution in [2.45, 2.75) is 6.92 Å². The number of hydrogen-bond acceptors (Lipinski definition) is 2. The second kappa shape index (κ2) is 7.16. The first-order chi connectivity index (χ1) is 10.2. The average Bonchev–Trinajstić information content (AvgIpc) is 2.52. The van der Waals surface area contributed by atoms with Gasteiger partial charge in [-0.3, -0.25) is 4.79 Å². The van der Waals surface area contributed by atoms with E-state index in [0.717, 1.165) is 16.9 Å². The molecule has 3 nitrogen and oxygen atoms in total. The van der Waals surface area contributed by atoms with Crippen LogP contribution in [-0.2, 0) is 0 Å². The normalized spacial score (nSPS) is 9.43. The van der Waals surface area contributed by atoms with Crippen LogP contribution in [0.4, 0.5) is 0 Å². The highest BCUT2D eigenvalue weighted by molar-refractivity contribution is 5.95. The van der Waals surface area contributed by atoms with E-state index in [1.54, 1.807) is 13.2 Å².